The van der Waals surface area contributed by atoms with Crippen LogP contribution < -0.4 is 4.74 Å². The average Bonchev–Trinajstić information content (AvgIpc) is 2.54. The second-order valence-electron chi connectivity index (χ2n) is 6.22. The Morgan fingerprint density at radius 2 is 2.05 bits per heavy atom. The molecule has 1 saturated heterocycles. The summed E-state index contributed by atoms with van der Waals surface area (Å²) < 4.78 is 5.72. The number of para-hydroxylation sites is 1. The molecule has 3 rings (SSSR count). The molecule has 0 radical (unpaired) electrons. The van der Waals surface area contributed by atoms with E-state index in [1.165, 1.54) is 0 Å². The molecule has 114 valence electrons. The van der Waals surface area contributed by atoms with Crippen molar-refractivity contribution in [1.29, 1.82) is 0 Å². The van der Waals surface area contributed by atoms with Crippen LogP contribution in [0, 0.1) is 11.8 Å². The lowest BCUT2D eigenvalue weighted by atomic mass is 9.90. The predicted molar refractivity (Wildman–Crippen MR) is 80.1 cm³/mol. The first-order valence-corrected chi connectivity index (χ1v) is 7.82. The van der Waals surface area contributed by atoms with Gasteiger partial charge in [-0.15, -0.1) is 0 Å². The lowest BCUT2D eigenvalue weighted by molar-refractivity contribution is -0.138. The molecule has 0 aromatic heterocycles. The molecule has 4 nitrogen and oxygen atoms in total. The smallest absolute Gasteiger partial charge is 0.229 e. The average molecular weight is 289 g/mol. The summed E-state index contributed by atoms with van der Waals surface area (Å²) in [5.74, 6) is 1.38. The zero-order chi connectivity index (χ0) is 14.8. The van der Waals surface area contributed by atoms with Gasteiger partial charge in [-0.25, -0.2) is 0 Å². The molecule has 1 aromatic carbocycles. The van der Waals surface area contributed by atoms with Gasteiger partial charge in [0.25, 0.3) is 0 Å². The number of fused-ring (bicyclic) bond motifs is 1. The number of rotatable bonds is 2. The SMILES string of the molecule is CC(O)C1CCN(C(=O)C2COc3ccccc3C2)CC1. The van der Waals surface area contributed by atoms with Crippen molar-refractivity contribution in [3.63, 3.8) is 0 Å². The van der Waals surface area contributed by atoms with Gasteiger partial charge in [-0.2, -0.15) is 0 Å². The fourth-order valence-corrected chi connectivity index (χ4v) is 3.35. The minimum absolute atomic E-state index is 0.0667. The van der Waals surface area contributed by atoms with Gasteiger partial charge < -0.3 is 14.7 Å². The summed E-state index contributed by atoms with van der Waals surface area (Å²) in [5.41, 5.74) is 1.13. The molecule has 1 amide bonds. The van der Waals surface area contributed by atoms with E-state index in [2.05, 4.69) is 0 Å². The predicted octanol–water partition coefficient (Wildman–Crippen LogP) is 1.86. The van der Waals surface area contributed by atoms with Crippen LogP contribution in [0.1, 0.15) is 25.3 Å². The number of likely N-dealkylation sites (tertiary alicyclic amines) is 1. The van der Waals surface area contributed by atoms with Crippen molar-refractivity contribution in [2.75, 3.05) is 19.7 Å². The molecular weight excluding hydrogens is 266 g/mol. The number of piperidine rings is 1. The molecule has 2 aliphatic heterocycles. The lowest BCUT2D eigenvalue weighted by Gasteiger charge is -2.36. The van der Waals surface area contributed by atoms with E-state index in [0.717, 1.165) is 43.7 Å². The molecule has 1 N–H and O–H groups in total. The fourth-order valence-electron chi connectivity index (χ4n) is 3.35. The highest BCUT2D eigenvalue weighted by Crippen LogP contribution is 2.29. The Morgan fingerprint density at radius 1 is 1.33 bits per heavy atom. The van der Waals surface area contributed by atoms with Crippen molar-refractivity contribution in [1.82, 2.24) is 4.90 Å². The molecular formula is C17H23NO3. The Bertz CT molecular complexity index is 507. The van der Waals surface area contributed by atoms with E-state index in [-0.39, 0.29) is 17.9 Å². The maximum Gasteiger partial charge on any atom is 0.229 e. The number of aliphatic hydroxyl groups excluding tert-OH is 1. The summed E-state index contributed by atoms with van der Waals surface area (Å²) >= 11 is 0. The van der Waals surface area contributed by atoms with Gasteiger partial charge in [-0.05, 0) is 43.7 Å². The summed E-state index contributed by atoms with van der Waals surface area (Å²) in [4.78, 5) is 14.6. The van der Waals surface area contributed by atoms with Crippen LogP contribution in [-0.2, 0) is 11.2 Å². The molecule has 1 fully saturated rings. The minimum atomic E-state index is -0.271. The summed E-state index contributed by atoms with van der Waals surface area (Å²) in [6.45, 7) is 3.83. The summed E-state index contributed by atoms with van der Waals surface area (Å²) in [7, 11) is 0. The third kappa shape index (κ3) is 3.05. The topological polar surface area (TPSA) is 49.8 Å². The molecule has 0 saturated carbocycles. The number of hydrogen-bond donors (Lipinski definition) is 1. The first kappa shape index (κ1) is 14.4. The van der Waals surface area contributed by atoms with Crippen molar-refractivity contribution in [2.24, 2.45) is 11.8 Å². The van der Waals surface area contributed by atoms with Crippen molar-refractivity contribution < 1.29 is 14.6 Å². The Balaban J connectivity index is 1.60. The number of amides is 1. The van der Waals surface area contributed by atoms with Gasteiger partial charge in [0.2, 0.25) is 5.91 Å². The maximum atomic E-state index is 12.6. The van der Waals surface area contributed by atoms with Gasteiger partial charge >= 0.3 is 0 Å². The number of carbonyl (C=O) groups excluding carboxylic acids is 1. The van der Waals surface area contributed by atoms with Gasteiger partial charge in [0.15, 0.2) is 0 Å². The monoisotopic (exact) mass is 289 g/mol. The maximum absolute atomic E-state index is 12.6. The highest BCUT2D eigenvalue weighted by atomic mass is 16.5. The van der Waals surface area contributed by atoms with E-state index in [0.29, 0.717) is 12.5 Å². The van der Waals surface area contributed by atoms with Crippen LogP contribution in [0.3, 0.4) is 0 Å². The van der Waals surface area contributed by atoms with Crippen molar-refractivity contribution in [3.05, 3.63) is 29.8 Å². The Hall–Kier alpha value is -1.55. The van der Waals surface area contributed by atoms with Crippen LogP contribution >= 0.6 is 0 Å². The van der Waals surface area contributed by atoms with E-state index in [1.807, 2.05) is 36.1 Å². The molecule has 0 spiro atoms. The van der Waals surface area contributed by atoms with Crippen molar-refractivity contribution >= 4 is 5.91 Å². The summed E-state index contributed by atoms with van der Waals surface area (Å²) in [5, 5.41) is 9.64. The molecule has 0 bridgehead atoms. The van der Waals surface area contributed by atoms with Crippen LogP contribution in [0.25, 0.3) is 0 Å². The molecule has 4 heteroatoms. The van der Waals surface area contributed by atoms with E-state index in [9.17, 15) is 9.90 Å². The zero-order valence-electron chi connectivity index (χ0n) is 12.5. The Morgan fingerprint density at radius 3 is 2.76 bits per heavy atom. The van der Waals surface area contributed by atoms with Gasteiger partial charge in [-0.3, -0.25) is 4.79 Å². The van der Waals surface area contributed by atoms with Gasteiger partial charge in [-0.1, -0.05) is 18.2 Å². The summed E-state index contributed by atoms with van der Waals surface area (Å²) in [6, 6.07) is 7.95. The van der Waals surface area contributed by atoms with E-state index in [4.69, 9.17) is 4.74 Å². The Kier molecular flexibility index (Phi) is 4.15. The molecule has 2 atom stereocenters. The number of aliphatic hydroxyl groups is 1. The van der Waals surface area contributed by atoms with Crippen LogP contribution in [0.15, 0.2) is 24.3 Å². The molecule has 21 heavy (non-hydrogen) atoms. The zero-order valence-corrected chi connectivity index (χ0v) is 12.5. The second-order valence-corrected chi connectivity index (χ2v) is 6.22. The molecule has 2 aliphatic rings. The van der Waals surface area contributed by atoms with E-state index in [1.54, 1.807) is 0 Å². The standard InChI is InChI=1S/C17H23NO3/c1-12(19)13-6-8-18(9-7-13)17(20)15-10-14-4-2-3-5-16(14)21-11-15/h2-5,12-13,15,19H,6-11H2,1H3. The van der Waals surface area contributed by atoms with Crippen LogP contribution in [-0.4, -0.2) is 41.7 Å². The first-order chi connectivity index (χ1) is 10.1. The number of ether oxygens (including phenoxy) is 1. The van der Waals surface area contributed by atoms with Crippen molar-refractivity contribution in [2.45, 2.75) is 32.3 Å². The second kappa shape index (κ2) is 6.06. The van der Waals surface area contributed by atoms with Crippen LogP contribution in [0.5, 0.6) is 5.75 Å². The highest BCUT2D eigenvalue weighted by Gasteiger charge is 2.32. The molecule has 0 aliphatic carbocycles. The quantitative estimate of drug-likeness (QED) is 0.904. The highest BCUT2D eigenvalue weighted by molar-refractivity contribution is 5.80. The van der Waals surface area contributed by atoms with Gasteiger partial charge in [0.05, 0.1) is 12.0 Å². The molecule has 1 aromatic rings. The third-order valence-corrected chi connectivity index (χ3v) is 4.76. The van der Waals surface area contributed by atoms with Gasteiger partial charge in [0.1, 0.15) is 12.4 Å². The third-order valence-electron chi connectivity index (χ3n) is 4.76. The molecule has 2 heterocycles. The van der Waals surface area contributed by atoms with Gasteiger partial charge in [0, 0.05) is 13.1 Å². The lowest BCUT2D eigenvalue weighted by Crippen LogP contribution is -2.45. The largest absolute Gasteiger partial charge is 0.492 e. The first-order valence-electron chi connectivity index (χ1n) is 7.82. The number of hydrogen-bond acceptors (Lipinski definition) is 3. The van der Waals surface area contributed by atoms with E-state index >= 15 is 0 Å². The van der Waals surface area contributed by atoms with Crippen LogP contribution in [0.2, 0.25) is 0 Å². The minimum Gasteiger partial charge on any atom is -0.492 e. The number of carbonyl (C=O) groups is 1. The fraction of sp³-hybridized carbons (Fsp3) is 0.588. The van der Waals surface area contributed by atoms with E-state index < -0.39 is 0 Å². The molecule has 2 unspecified atom stereocenters. The Labute approximate surface area is 125 Å². The number of benzene rings is 1. The van der Waals surface area contributed by atoms with Crippen molar-refractivity contribution in [3.8, 4) is 5.75 Å². The summed E-state index contributed by atoms with van der Waals surface area (Å²) in [6.07, 6.45) is 2.29. The normalized spacial score (nSPS) is 24.1. The van der Waals surface area contributed by atoms with Crippen LogP contribution in [0.4, 0.5) is 0 Å². The number of nitrogens with zero attached hydrogens (tertiary/aromatic N) is 1.